The number of methoxy groups -OCH3 is 1. The van der Waals surface area contributed by atoms with Gasteiger partial charge in [0.25, 0.3) is 0 Å². The number of carbonyl (C=O) groups excluding carboxylic acids is 1. The van der Waals surface area contributed by atoms with Crippen molar-refractivity contribution in [3.05, 3.63) is 59.4 Å². The van der Waals surface area contributed by atoms with Crippen molar-refractivity contribution in [1.82, 2.24) is 4.98 Å². The summed E-state index contributed by atoms with van der Waals surface area (Å²) in [6.45, 7) is 2.14. The number of ketones is 1. The van der Waals surface area contributed by atoms with Crippen molar-refractivity contribution in [2.75, 3.05) is 7.11 Å². The SMILES string of the molecule is CCCc1ccc(C(=O)c2ccncc2OC)cc1. The van der Waals surface area contributed by atoms with Crippen LogP contribution in [0.1, 0.15) is 34.8 Å². The molecule has 0 saturated heterocycles. The van der Waals surface area contributed by atoms with Gasteiger partial charge in [0.05, 0.1) is 18.9 Å². The van der Waals surface area contributed by atoms with E-state index >= 15 is 0 Å². The fourth-order valence-corrected chi connectivity index (χ4v) is 2.00. The van der Waals surface area contributed by atoms with Crippen LogP contribution < -0.4 is 4.74 Å². The maximum Gasteiger partial charge on any atom is 0.196 e. The molecule has 0 unspecified atom stereocenters. The highest BCUT2D eigenvalue weighted by atomic mass is 16.5. The first-order valence-electron chi connectivity index (χ1n) is 6.38. The van der Waals surface area contributed by atoms with Crippen LogP contribution in [0.4, 0.5) is 0 Å². The van der Waals surface area contributed by atoms with E-state index in [1.165, 1.54) is 12.7 Å². The van der Waals surface area contributed by atoms with E-state index in [1.807, 2.05) is 24.3 Å². The molecular formula is C16H17NO2. The van der Waals surface area contributed by atoms with Crippen LogP contribution in [0.15, 0.2) is 42.7 Å². The van der Waals surface area contributed by atoms with Gasteiger partial charge in [-0.25, -0.2) is 0 Å². The topological polar surface area (TPSA) is 39.2 Å². The van der Waals surface area contributed by atoms with Crippen LogP contribution in [0, 0.1) is 0 Å². The first-order valence-corrected chi connectivity index (χ1v) is 6.38. The maximum atomic E-state index is 12.4. The van der Waals surface area contributed by atoms with Gasteiger partial charge in [0.2, 0.25) is 0 Å². The van der Waals surface area contributed by atoms with Gasteiger partial charge < -0.3 is 4.74 Å². The average Bonchev–Trinajstić information content (AvgIpc) is 2.47. The predicted molar refractivity (Wildman–Crippen MR) is 74.7 cm³/mol. The Bertz CT molecular complexity index is 561. The maximum absolute atomic E-state index is 12.4. The van der Waals surface area contributed by atoms with Gasteiger partial charge in [-0.2, -0.15) is 0 Å². The summed E-state index contributed by atoms with van der Waals surface area (Å²) in [6.07, 6.45) is 5.29. The second-order valence-corrected chi connectivity index (χ2v) is 4.35. The molecule has 0 bridgehead atoms. The van der Waals surface area contributed by atoms with E-state index in [-0.39, 0.29) is 5.78 Å². The highest BCUT2D eigenvalue weighted by Crippen LogP contribution is 2.20. The van der Waals surface area contributed by atoms with Gasteiger partial charge in [-0.05, 0) is 18.1 Å². The Hall–Kier alpha value is -2.16. The molecular weight excluding hydrogens is 238 g/mol. The summed E-state index contributed by atoms with van der Waals surface area (Å²) in [4.78, 5) is 16.3. The minimum absolute atomic E-state index is 0.0395. The average molecular weight is 255 g/mol. The van der Waals surface area contributed by atoms with Gasteiger partial charge in [0.15, 0.2) is 5.78 Å². The minimum atomic E-state index is -0.0395. The van der Waals surface area contributed by atoms with Crippen LogP contribution in [0.25, 0.3) is 0 Å². The van der Waals surface area contributed by atoms with Crippen molar-refractivity contribution in [1.29, 1.82) is 0 Å². The standard InChI is InChI=1S/C16H17NO2/c1-3-4-12-5-7-13(8-6-12)16(18)14-9-10-17-11-15(14)19-2/h5-11H,3-4H2,1-2H3. The van der Waals surface area contributed by atoms with E-state index in [4.69, 9.17) is 4.74 Å². The summed E-state index contributed by atoms with van der Waals surface area (Å²) in [6, 6.07) is 9.43. The third-order valence-corrected chi connectivity index (χ3v) is 3.00. The quantitative estimate of drug-likeness (QED) is 0.770. The van der Waals surface area contributed by atoms with Crippen molar-refractivity contribution in [3.8, 4) is 5.75 Å². The molecule has 0 aliphatic heterocycles. The summed E-state index contributed by atoms with van der Waals surface area (Å²) in [5.74, 6) is 0.465. The first-order chi connectivity index (χ1) is 9.26. The van der Waals surface area contributed by atoms with Crippen LogP contribution in [0.5, 0.6) is 5.75 Å². The molecule has 1 heterocycles. The van der Waals surface area contributed by atoms with Crippen molar-refractivity contribution in [2.24, 2.45) is 0 Å². The molecule has 1 aromatic heterocycles. The summed E-state index contributed by atoms with van der Waals surface area (Å²) < 4.78 is 5.17. The molecule has 2 rings (SSSR count). The lowest BCUT2D eigenvalue weighted by molar-refractivity contribution is 0.103. The Labute approximate surface area is 113 Å². The second kappa shape index (κ2) is 6.14. The zero-order chi connectivity index (χ0) is 13.7. The number of aromatic nitrogens is 1. The molecule has 2 aromatic rings. The van der Waals surface area contributed by atoms with Gasteiger partial charge in [0.1, 0.15) is 5.75 Å². The molecule has 0 spiro atoms. The van der Waals surface area contributed by atoms with Crippen LogP contribution in [-0.4, -0.2) is 17.9 Å². The van der Waals surface area contributed by atoms with Crippen molar-refractivity contribution in [3.63, 3.8) is 0 Å². The molecule has 98 valence electrons. The largest absolute Gasteiger partial charge is 0.494 e. The van der Waals surface area contributed by atoms with E-state index in [1.54, 1.807) is 18.5 Å². The van der Waals surface area contributed by atoms with Crippen molar-refractivity contribution < 1.29 is 9.53 Å². The first kappa shape index (κ1) is 13.3. The van der Waals surface area contributed by atoms with E-state index < -0.39 is 0 Å². The lowest BCUT2D eigenvalue weighted by Crippen LogP contribution is -2.04. The van der Waals surface area contributed by atoms with Gasteiger partial charge in [-0.3, -0.25) is 9.78 Å². The molecule has 0 N–H and O–H groups in total. The molecule has 3 nitrogen and oxygen atoms in total. The number of benzene rings is 1. The van der Waals surface area contributed by atoms with Crippen LogP contribution in [-0.2, 0) is 6.42 Å². The third-order valence-electron chi connectivity index (χ3n) is 3.00. The Morgan fingerprint density at radius 2 is 1.95 bits per heavy atom. The third kappa shape index (κ3) is 2.99. The highest BCUT2D eigenvalue weighted by Gasteiger charge is 2.13. The number of hydrogen-bond donors (Lipinski definition) is 0. The predicted octanol–water partition coefficient (Wildman–Crippen LogP) is 3.27. The number of hydrogen-bond acceptors (Lipinski definition) is 3. The molecule has 0 saturated carbocycles. The van der Waals surface area contributed by atoms with E-state index in [9.17, 15) is 4.79 Å². The number of nitrogens with zero attached hydrogens (tertiary/aromatic N) is 1. The molecule has 0 aliphatic carbocycles. The van der Waals surface area contributed by atoms with Crippen LogP contribution in [0.2, 0.25) is 0 Å². The zero-order valence-electron chi connectivity index (χ0n) is 11.2. The molecule has 19 heavy (non-hydrogen) atoms. The minimum Gasteiger partial charge on any atom is -0.494 e. The lowest BCUT2D eigenvalue weighted by atomic mass is 10.0. The van der Waals surface area contributed by atoms with Crippen molar-refractivity contribution >= 4 is 5.78 Å². The monoisotopic (exact) mass is 255 g/mol. The molecule has 0 radical (unpaired) electrons. The zero-order valence-corrected chi connectivity index (χ0v) is 11.2. The summed E-state index contributed by atoms with van der Waals surface area (Å²) in [5.41, 5.74) is 2.46. The van der Waals surface area contributed by atoms with Crippen molar-refractivity contribution in [2.45, 2.75) is 19.8 Å². The normalized spacial score (nSPS) is 10.2. The summed E-state index contributed by atoms with van der Waals surface area (Å²) >= 11 is 0. The lowest BCUT2D eigenvalue weighted by Gasteiger charge is -2.07. The molecule has 1 aromatic carbocycles. The number of carbonyl (C=O) groups is 1. The van der Waals surface area contributed by atoms with Gasteiger partial charge in [-0.1, -0.05) is 37.6 Å². The Balaban J connectivity index is 2.28. The molecule has 0 amide bonds. The number of pyridine rings is 1. The van der Waals surface area contributed by atoms with E-state index in [0.29, 0.717) is 16.9 Å². The summed E-state index contributed by atoms with van der Waals surface area (Å²) in [5, 5.41) is 0. The Morgan fingerprint density at radius 3 is 2.58 bits per heavy atom. The highest BCUT2D eigenvalue weighted by molar-refractivity contribution is 6.10. The fraction of sp³-hybridized carbons (Fsp3) is 0.250. The van der Waals surface area contributed by atoms with E-state index in [0.717, 1.165) is 12.8 Å². The van der Waals surface area contributed by atoms with Crippen LogP contribution in [0.3, 0.4) is 0 Å². The molecule has 0 aliphatic rings. The second-order valence-electron chi connectivity index (χ2n) is 4.35. The van der Waals surface area contributed by atoms with Crippen LogP contribution >= 0.6 is 0 Å². The molecule has 0 atom stereocenters. The Kier molecular flexibility index (Phi) is 4.29. The van der Waals surface area contributed by atoms with Gasteiger partial charge in [-0.15, -0.1) is 0 Å². The summed E-state index contributed by atoms with van der Waals surface area (Å²) in [7, 11) is 1.54. The smallest absolute Gasteiger partial charge is 0.196 e. The number of ether oxygens (including phenoxy) is 1. The fourth-order valence-electron chi connectivity index (χ4n) is 2.00. The Morgan fingerprint density at radius 1 is 1.21 bits per heavy atom. The molecule has 3 heteroatoms. The van der Waals surface area contributed by atoms with Gasteiger partial charge in [0, 0.05) is 11.8 Å². The van der Waals surface area contributed by atoms with E-state index in [2.05, 4.69) is 11.9 Å². The molecule has 0 fully saturated rings. The van der Waals surface area contributed by atoms with Gasteiger partial charge >= 0.3 is 0 Å². The number of aryl methyl sites for hydroxylation is 1. The number of rotatable bonds is 5.